The van der Waals surface area contributed by atoms with Gasteiger partial charge in [-0.05, 0) is 22.8 Å². The largest absolute Gasteiger partial charge is 0.477 e. The number of hydrogen-bond acceptors (Lipinski definition) is 4. The Morgan fingerprint density at radius 2 is 1.34 bits per heavy atom. The third-order valence-corrected chi connectivity index (χ3v) is 7.24. The molecule has 1 saturated heterocycles. The van der Waals surface area contributed by atoms with E-state index in [1.54, 1.807) is 17.8 Å². The highest BCUT2D eigenvalue weighted by Gasteiger charge is 2.55. The van der Waals surface area contributed by atoms with Crippen LogP contribution in [0.25, 0.3) is 0 Å². The second-order valence-electron chi connectivity index (χ2n) is 7.80. The van der Waals surface area contributed by atoms with Crippen LogP contribution in [0.5, 0.6) is 0 Å². The first kappa shape index (κ1) is 20.5. The van der Waals surface area contributed by atoms with Crippen molar-refractivity contribution in [2.24, 2.45) is 0 Å². The van der Waals surface area contributed by atoms with Gasteiger partial charge in [0.05, 0.1) is 5.54 Å². The summed E-state index contributed by atoms with van der Waals surface area (Å²) in [7, 11) is 0. The average Bonchev–Trinajstić information content (AvgIpc) is 2.85. The first-order chi connectivity index (χ1) is 15.6. The summed E-state index contributed by atoms with van der Waals surface area (Å²) in [5.41, 5.74) is 2.33. The minimum absolute atomic E-state index is 0.0709. The lowest BCUT2D eigenvalue weighted by Gasteiger charge is -2.52. The SMILES string of the molecule is O=C(O)C1=CCS[C@@H]2C(NC(c3ccccc3)(c3ccccc3)c3ccccc3)C(=O)N12. The van der Waals surface area contributed by atoms with Gasteiger partial charge in [0.1, 0.15) is 17.1 Å². The predicted octanol–water partition coefficient (Wildman–Crippen LogP) is 3.82. The van der Waals surface area contributed by atoms with Crippen molar-refractivity contribution in [3.63, 3.8) is 0 Å². The molecule has 2 atom stereocenters. The number of carboxylic acid groups (broad SMARTS) is 1. The maximum absolute atomic E-state index is 13.2. The highest BCUT2D eigenvalue weighted by atomic mass is 32.2. The summed E-state index contributed by atoms with van der Waals surface area (Å²) < 4.78 is 0. The number of β-lactam (4-membered cyclic amide) rings is 1. The number of fused-ring (bicyclic) bond motifs is 1. The zero-order valence-corrected chi connectivity index (χ0v) is 18.0. The first-order valence-electron chi connectivity index (χ1n) is 10.5. The molecule has 0 aliphatic carbocycles. The lowest BCUT2D eigenvalue weighted by molar-refractivity contribution is -0.149. The Balaban J connectivity index is 1.64. The van der Waals surface area contributed by atoms with E-state index in [1.807, 2.05) is 54.6 Å². The predicted molar refractivity (Wildman–Crippen MR) is 125 cm³/mol. The fraction of sp³-hybridized carbons (Fsp3) is 0.154. The van der Waals surface area contributed by atoms with Crippen LogP contribution in [0, 0.1) is 0 Å². The summed E-state index contributed by atoms with van der Waals surface area (Å²) in [5.74, 6) is -0.728. The van der Waals surface area contributed by atoms with Crippen molar-refractivity contribution >= 4 is 23.6 Å². The van der Waals surface area contributed by atoms with E-state index < -0.39 is 17.6 Å². The minimum atomic E-state index is -1.07. The van der Waals surface area contributed by atoms with Crippen LogP contribution >= 0.6 is 11.8 Å². The average molecular weight is 443 g/mol. The molecule has 3 aromatic rings. The third-order valence-electron chi connectivity index (χ3n) is 6.06. The quantitative estimate of drug-likeness (QED) is 0.449. The molecule has 0 radical (unpaired) electrons. The molecule has 0 bridgehead atoms. The van der Waals surface area contributed by atoms with E-state index in [9.17, 15) is 14.7 Å². The molecule has 1 fully saturated rings. The molecule has 2 heterocycles. The molecule has 160 valence electrons. The Bertz CT molecular complexity index is 1070. The summed E-state index contributed by atoms with van der Waals surface area (Å²) in [4.78, 5) is 26.3. The monoisotopic (exact) mass is 442 g/mol. The van der Waals surface area contributed by atoms with Crippen LogP contribution in [0.1, 0.15) is 16.7 Å². The zero-order chi connectivity index (χ0) is 22.1. The van der Waals surface area contributed by atoms with Crippen molar-refractivity contribution < 1.29 is 14.7 Å². The molecule has 1 amide bonds. The van der Waals surface area contributed by atoms with Crippen LogP contribution in [-0.2, 0) is 15.1 Å². The van der Waals surface area contributed by atoms with Gasteiger partial charge >= 0.3 is 5.97 Å². The standard InChI is InChI=1S/C26H22N2O3S/c29-23-22(24-28(23)21(25(30)31)16-17-32-24)27-26(18-10-4-1-5-11-18,19-12-6-2-7-13-19)20-14-8-3-9-15-20/h1-16,22,24,27H,17H2,(H,30,31)/t22?,24-/m1/s1. The van der Waals surface area contributed by atoms with Crippen molar-refractivity contribution in [2.75, 3.05) is 5.75 Å². The lowest BCUT2D eigenvalue weighted by atomic mass is 9.76. The van der Waals surface area contributed by atoms with Gasteiger partial charge in [-0.2, -0.15) is 0 Å². The summed E-state index contributed by atoms with van der Waals surface area (Å²) in [6, 6.07) is 29.7. The molecular formula is C26H22N2O3S. The van der Waals surface area contributed by atoms with Crippen molar-refractivity contribution in [1.29, 1.82) is 0 Å². The smallest absolute Gasteiger partial charge is 0.352 e. The molecule has 6 heteroatoms. The summed E-state index contributed by atoms with van der Waals surface area (Å²) in [5, 5.41) is 13.0. The second-order valence-corrected chi connectivity index (χ2v) is 8.95. The number of carboxylic acids is 1. The number of carbonyl (C=O) groups excluding carboxylic acids is 1. The fourth-order valence-corrected chi connectivity index (χ4v) is 5.78. The number of nitrogens with one attached hydrogen (secondary N) is 1. The molecule has 0 aromatic heterocycles. The molecule has 0 spiro atoms. The van der Waals surface area contributed by atoms with E-state index in [0.717, 1.165) is 16.7 Å². The van der Waals surface area contributed by atoms with E-state index in [-0.39, 0.29) is 17.0 Å². The molecule has 2 N–H and O–H groups in total. The van der Waals surface area contributed by atoms with E-state index in [2.05, 4.69) is 41.7 Å². The van der Waals surface area contributed by atoms with E-state index in [0.29, 0.717) is 5.75 Å². The highest BCUT2D eigenvalue weighted by molar-refractivity contribution is 8.00. The summed E-state index contributed by atoms with van der Waals surface area (Å²) in [6.07, 6.45) is 1.61. The zero-order valence-electron chi connectivity index (χ0n) is 17.2. The van der Waals surface area contributed by atoms with Gasteiger partial charge in [0.25, 0.3) is 0 Å². The van der Waals surface area contributed by atoms with Gasteiger partial charge in [0, 0.05) is 5.75 Å². The lowest BCUT2D eigenvalue weighted by Crippen LogP contribution is -2.72. The van der Waals surface area contributed by atoms with E-state index >= 15 is 0 Å². The van der Waals surface area contributed by atoms with Crippen molar-refractivity contribution in [2.45, 2.75) is 17.0 Å². The molecular weight excluding hydrogens is 420 g/mol. The Kier molecular flexibility index (Phi) is 5.33. The number of nitrogens with zero attached hydrogens (tertiary/aromatic N) is 1. The molecule has 32 heavy (non-hydrogen) atoms. The summed E-state index contributed by atoms with van der Waals surface area (Å²) in [6.45, 7) is 0. The Hall–Kier alpha value is -3.35. The van der Waals surface area contributed by atoms with E-state index in [1.165, 1.54) is 4.90 Å². The number of carbonyl (C=O) groups is 2. The number of rotatable bonds is 6. The van der Waals surface area contributed by atoms with Gasteiger partial charge in [-0.1, -0.05) is 91.0 Å². The van der Waals surface area contributed by atoms with Gasteiger partial charge < -0.3 is 5.11 Å². The molecule has 2 aliphatic heterocycles. The number of thioether (sulfide) groups is 1. The first-order valence-corrected chi connectivity index (χ1v) is 11.5. The normalized spacial score (nSPS) is 20.2. The molecule has 5 nitrogen and oxygen atoms in total. The number of hydrogen-bond donors (Lipinski definition) is 2. The van der Waals surface area contributed by atoms with Crippen LogP contribution < -0.4 is 5.32 Å². The maximum Gasteiger partial charge on any atom is 0.352 e. The highest BCUT2D eigenvalue weighted by Crippen LogP contribution is 2.43. The molecule has 3 aromatic carbocycles. The Labute approximate surface area is 190 Å². The minimum Gasteiger partial charge on any atom is -0.477 e. The Morgan fingerprint density at radius 1 is 0.875 bits per heavy atom. The fourth-order valence-electron chi connectivity index (χ4n) is 4.59. The number of amides is 1. The van der Waals surface area contributed by atoms with Crippen molar-refractivity contribution in [3.8, 4) is 0 Å². The second kappa shape index (κ2) is 8.30. The molecule has 1 unspecified atom stereocenters. The van der Waals surface area contributed by atoms with E-state index in [4.69, 9.17) is 0 Å². The number of aliphatic carboxylic acids is 1. The van der Waals surface area contributed by atoms with Crippen molar-refractivity contribution in [1.82, 2.24) is 10.2 Å². The topological polar surface area (TPSA) is 69.6 Å². The summed E-state index contributed by atoms with van der Waals surface area (Å²) >= 11 is 1.58. The van der Waals surface area contributed by atoms with Crippen molar-refractivity contribution in [3.05, 3.63) is 119 Å². The van der Waals surface area contributed by atoms with Gasteiger partial charge in [-0.15, -0.1) is 11.8 Å². The molecule has 0 saturated carbocycles. The van der Waals surface area contributed by atoms with Crippen LogP contribution in [-0.4, -0.2) is 39.1 Å². The molecule has 2 aliphatic rings. The number of benzene rings is 3. The van der Waals surface area contributed by atoms with Crippen LogP contribution in [0.2, 0.25) is 0 Å². The maximum atomic E-state index is 13.2. The van der Waals surface area contributed by atoms with Crippen LogP contribution in [0.3, 0.4) is 0 Å². The Morgan fingerprint density at radius 3 is 1.78 bits per heavy atom. The van der Waals surface area contributed by atoms with Gasteiger partial charge in [0.2, 0.25) is 5.91 Å². The van der Waals surface area contributed by atoms with Crippen LogP contribution in [0.15, 0.2) is 103 Å². The van der Waals surface area contributed by atoms with Crippen LogP contribution in [0.4, 0.5) is 0 Å². The molecule has 5 rings (SSSR count). The third kappa shape index (κ3) is 3.23. The van der Waals surface area contributed by atoms with Gasteiger partial charge in [-0.3, -0.25) is 15.0 Å². The van der Waals surface area contributed by atoms with Gasteiger partial charge in [-0.25, -0.2) is 4.79 Å². The van der Waals surface area contributed by atoms with Gasteiger partial charge in [0.15, 0.2) is 0 Å².